The van der Waals surface area contributed by atoms with Gasteiger partial charge in [-0.2, -0.15) is 39.5 Å². The number of halogens is 11. The molecule has 2 fully saturated rings. The molecule has 0 atom stereocenters. The summed E-state index contributed by atoms with van der Waals surface area (Å²) >= 11 is 3.42. The van der Waals surface area contributed by atoms with Gasteiger partial charge in [-0.05, 0) is 117 Å². The maximum atomic E-state index is 13.8. The number of imidazole rings is 2. The van der Waals surface area contributed by atoms with Crippen molar-refractivity contribution in [3.63, 3.8) is 0 Å². The highest BCUT2D eigenvalue weighted by Gasteiger charge is 2.35. The van der Waals surface area contributed by atoms with Crippen molar-refractivity contribution in [2.24, 2.45) is 0 Å². The molecule has 11 nitrogen and oxygen atoms in total. The van der Waals surface area contributed by atoms with Crippen LogP contribution in [0.5, 0.6) is 11.5 Å². The summed E-state index contributed by atoms with van der Waals surface area (Å²) in [4.78, 5) is 33.6. The van der Waals surface area contributed by atoms with Crippen molar-refractivity contribution >= 4 is 61.2 Å². The number of nitrogens with zero attached hydrogens (tertiary/aromatic N) is 4. The number of anilines is 2. The van der Waals surface area contributed by atoms with E-state index in [1.165, 1.54) is 18.5 Å². The Kier molecular flexibility index (Phi) is 14.3. The van der Waals surface area contributed by atoms with E-state index in [9.17, 15) is 53.5 Å². The third-order valence-corrected chi connectivity index (χ3v) is 11.9. The van der Waals surface area contributed by atoms with Gasteiger partial charge in [0, 0.05) is 64.3 Å². The second kappa shape index (κ2) is 20.1. The van der Waals surface area contributed by atoms with Crippen molar-refractivity contribution in [3.8, 4) is 22.9 Å². The van der Waals surface area contributed by atoms with Crippen molar-refractivity contribution in [2.75, 3.05) is 23.7 Å². The molecule has 5 aromatic carbocycles. The topological polar surface area (TPSA) is 127 Å². The monoisotopic (exact) mass is 1060 g/mol. The molecule has 2 aromatic heterocycles. The molecule has 0 spiro atoms. The fourth-order valence-corrected chi connectivity index (χ4v) is 8.04. The van der Waals surface area contributed by atoms with Crippen molar-refractivity contribution in [1.29, 1.82) is 0 Å². The van der Waals surface area contributed by atoms with E-state index in [2.05, 4.69) is 47.2 Å². The highest BCUT2D eigenvalue weighted by molar-refractivity contribution is 9.10. The molecule has 4 N–H and O–H groups in total. The smallest absolute Gasteiger partial charge is 0.419 e. The van der Waals surface area contributed by atoms with Crippen LogP contribution in [0.3, 0.4) is 0 Å². The first-order valence-electron chi connectivity index (χ1n) is 22.2. The minimum Gasteiger partial charge on any atom is -0.457 e. The number of amides is 2. The molecule has 9 rings (SSSR count). The lowest BCUT2D eigenvalue weighted by atomic mass is 10.1. The molecule has 0 radical (unpaired) electrons. The van der Waals surface area contributed by atoms with Gasteiger partial charge in [-0.1, -0.05) is 15.9 Å². The molecule has 71 heavy (non-hydrogen) atoms. The molecule has 7 aromatic rings. The molecule has 2 aliphatic rings. The summed E-state index contributed by atoms with van der Waals surface area (Å²) in [6.07, 6.45) is -8.69. The number of carbonyl (C=O) groups is 2. The summed E-state index contributed by atoms with van der Waals surface area (Å²) < 4.78 is 139. The largest absolute Gasteiger partial charge is 0.457 e. The van der Waals surface area contributed by atoms with Crippen LogP contribution >= 0.6 is 15.9 Å². The van der Waals surface area contributed by atoms with Crippen LogP contribution < -0.4 is 26.0 Å². The lowest BCUT2D eigenvalue weighted by Crippen LogP contribution is -2.26. The van der Waals surface area contributed by atoms with E-state index < -0.39 is 49.3 Å². The maximum absolute atomic E-state index is 13.8. The minimum absolute atomic E-state index is 0.0226. The summed E-state index contributed by atoms with van der Waals surface area (Å²) in [6.45, 7) is 2.92. The normalized spacial score (nSPS) is 14.0. The molecule has 0 aliphatic heterocycles. The predicted molar refractivity (Wildman–Crippen MR) is 250 cm³/mol. The molecule has 0 bridgehead atoms. The highest BCUT2D eigenvalue weighted by Crippen LogP contribution is 2.38. The van der Waals surface area contributed by atoms with Crippen LogP contribution in [-0.2, 0) is 6.18 Å². The van der Waals surface area contributed by atoms with Gasteiger partial charge in [0.05, 0.1) is 40.8 Å². The van der Waals surface area contributed by atoms with Crippen LogP contribution in [0.2, 0.25) is 0 Å². The average molecular weight is 1060 g/mol. The Morgan fingerprint density at radius 3 is 1.56 bits per heavy atom. The van der Waals surface area contributed by atoms with Crippen LogP contribution in [0.1, 0.15) is 75.9 Å². The minimum atomic E-state index is -4.96. The molecule has 374 valence electrons. The molecule has 0 unspecified atom stereocenters. The van der Waals surface area contributed by atoms with Gasteiger partial charge in [0.15, 0.2) is 0 Å². The number of hydrogen-bond acceptors (Lipinski definition) is 7. The Morgan fingerprint density at radius 2 is 1.11 bits per heavy atom. The van der Waals surface area contributed by atoms with Gasteiger partial charge in [0.2, 0.25) is 0 Å². The molecular formula is C49H43BrF10N8O3. The van der Waals surface area contributed by atoms with Crippen molar-refractivity contribution < 1.29 is 58.2 Å². The maximum Gasteiger partial charge on any atom is 0.419 e. The number of alkyl halides is 9. The number of ether oxygens (including phenoxy) is 1. The molecule has 2 heterocycles. The van der Waals surface area contributed by atoms with Gasteiger partial charge in [-0.3, -0.25) is 18.7 Å². The summed E-state index contributed by atoms with van der Waals surface area (Å²) in [7, 11) is 0. The number of benzene rings is 5. The first-order valence-corrected chi connectivity index (χ1v) is 23.0. The van der Waals surface area contributed by atoms with E-state index in [1.807, 2.05) is 29.7 Å². The van der Waals surface area contributed by atoms with Crippen LogP contribution in [0.25, 0.3) is 33.4 Å². The van der Waals surface area contributed by atoms with E-state index in [4.69, 9.17) is 4.74 Å². The van der Waals surface area contributed by atoms with Crippen LogP contribution in [0.4, 0.5) is 55.3 Å². The number of hydrogen-bond donors (Lipinski definition) is 4. The predicted octanol–water partition coefficient (Wildman–Crippen LogP) is 12.9. The standard InChI is InChI=1S/C28H23F7N4O2.C21H20BrF3N4O/c1-15-10-17(4-6-20(15)26(40)38-16-2-3-16)39-14-37-25-23(36-9-8-27(30,31)32)12-19(13-24(25)39)41-18-5-7-22(29)21(11-18)28(33,34)35;1-12-8-15(4-5-16(12)20(30)28-14-2-3-14)29-11-27-19-17(9-13(22)10-18(19)29)26-7-6-21(23,24)25/h4-7,10-14,16,36H,2-3,8-9H2,1H3,(H,38,40);4-5,8-11,14,26H,2-3,6-7H2,1H3,(H,28,30). The van der Waals surface area contributed by atoms with Crippen molar-refractivity contribution in [3.05, 3.63) is 130 Å². The fraction of sp³-hybridized carbons (Fsp3) is 0.306. The van der Waals surface area contributed by atoms with Crippen LogP contribution in [-0.4, -0.2) is 68.4 Å². The summed E-state index contributed by atoms with van der Waals surface area (Å²) in [5.74, 6) is -2.09. The summed E-state index contributed by atoms with van der Waals surface area (Å²) in [5.41, 5.74) is 5.14. The molecule has 0 saturated heterocycles. The van der Waals surface area contributed by atoms with Crippen LogP contribution in [0, 0.1) is 19.7 Å². The Bertz CT molecular complexity index is 3120. The first-order chi connectivity index (χ1) is 33.5. The lowest BCUT2D eigenvalue weighted by Gasteiger charge is -2.15. The molecule has 2 amide bonds. The Morgan fingerprint density at radius 1 is 0.634 bits per heavy atom. The molecule has 2 aliphatic carbocycles. The molecule has 2 saturated carbocycles. The van der Waals surface area contributed by atoms with Gasteiger partial charge in [-0.25, -0.2) is 14.4 Å². The third kappa shape index (κ3) is 12.7. The van der Waals surface area contributed by atoms with Gasteiger partial charge < -0.3 is 26.0 Å². The van der Waals surface area contributed by atoms with E-state index in [-0.39, 0.29) is 53.1 Å². The zero-order chi connectivity index (χ0) is 51.0. The van der Waals surface area contributed by atoms with Gasteiger partial charge >= 0.3 is 18.5 Å². The van der Waals surface area contributed by atoms with Crippen molar-refractivity contribution in [2.45, 2.75) is 83.0 Å². The quantitative estimate of drug-likeness (QED) is 0.0799. The lowest BCUT2D eigenvalue weighted by molar-refractivity contribution is -0.140. The summed E-state index contributed by atoms with van der Waals surface area (Å²) in [6, 6.07) is 19.5. The fourth-order valence-electron chi connectivity index (χ4n) is 7.60. The second-order valence-electron chi connectivity index (χ2n) is 17.2. The summed E-state index contributed by atoms with van der Waals surface area (Å²) in [5, 5.41) is 11.4. The molecular weight excluding hydrogens is 1020 g/mol. The van der Waals surface area contributed by atoms with E-state index >= 15 is 0 Å². The second-order valence-corrected chi connectivity index (χ2v) is 18.1. The Hall–Kier alpha value is -6.84. The first kappa shape index (κ1) is 50.5. The zero-order valence-electron chi connectivity index (χ0n) is 37.6. The third-order valence-electron chi connectivity index (χ3n) is 11.5. The molecule has 22 heteroatoms. The van der Waals surface area contributed by atoms with E-state index in [0.29, 0.717) is 51.2 Å². The van der Waals surface area contributed by atoms with Crippen molar-refractivity contribution in [1.82, 2.24) is 29.7 Å². The number of aryl methyl sites for hydroxylation is 2. The Balaban J connectivity index is 0.000000200. The van der Waals surface area contributed by atoms with Gasteiger partial charge in [0.25, 0.3) is 11.8 Å². The van der Waals surface area contributed by atoms with Crippen LogP contribution in [0.15, 0.2) is 96.0 Å². The average Bonchev–Trinajstić information content (AvgIpc) is 4.19. The number of rotatable bonds is 14. The van der Waals surface area contributed by atoms with E-state index in [1.54, 1.807) is 48.1 Å². The van der Waals surface area contributed by atoms with E-state index in [0.717, 1.165) is 53.0 Å². The van der Waals surface area contributed by atoms with Gasteiger partial charge in [-0.15, -0.1) is 0 Å². The number of carbonyl (C=O) groups excluding carboxylic acids is 2. The highest BCUT2D eigenvalue weighted by atomic mass is 79.9. The number of aromatic nitrogens is 4. The SMILES string of the molecule is Cc1cc(-n2cnc3c(NCCC(F)(F)F)cc(Br)cc32)ccc1C(=O)NC1CC1.Cc1cc(-n2cnc3c(NCCC(F)(F)F)cc(Oc4ccc(F)c(C(F)(F)F)c4)cc32)ccc1C(=O)NC1CC1. The number of nitrogens with one attached hydrogen (secondary N) is 4. The Labute approximate surface area is 407 Å². The number of fused-ring (bicyclic) bond motifs is 2. The van der Waals surface area contributed by atoms with Gasteiger partial charge in [0.1, 0.15) is 41.0 Å². The zero-order valence-corrected chi connectivity index (χ0v) is 39.2.